The second kappa shape index (κ2) is 9.78. The Hall–Kier alpha value is -5.45. The lowest BCUT2D eigenvalue weighted by Gasteiger charge is -2.20. The number of phenolic OH excluding ortho intramolecular Hbond substituents is 4. The van der Waals surface area contributed by atoms with Gasteiger partial charge in [0.2, 0.25) is 11.2 Å². The fourth-order valence-electron chi connectivity index (χ4n) is 4.55. The lowest BCUT2D eigenvalue weighted by molar-refractivity contribution is -0.140. The van der Waals surface area contributed by atoms with Crippen LogP contribution in [0.15, 0.2) is 70.0 Å². The lowest BCUT2D eigenvalue weighted by atomic mass is 9.85. The highest BCUT2D eigenvalue weighted by Crippen LogP contribution is 2.46. The van der Waals surface area contributed by atoms with Crippen LogP contribution >= 0.6 is 0 Å². The molecule has 0 radical (unpaired) electrons. The summed E-state index contributed by atoms with van der Waals surface area (Å²) in [5, 5.41) is 58.6. The Morgan fingerprint density at radius 3 is 2.38 bits per heavy atom. The Labute approximate surface area is 219 Å². The fourth-order valence-corrected chi connectivity index (χ4v) is 4.55. The first-order chi connectivity index (χ1) is 18.7. The molecule has 0 aliphatic rings. The van der Waals surface area contributed by atoms with Crippen LogP contribution in [0.2, 0.25) is 0 Å². The molecule has 5 rings (SSSR count). The Morgan fingerprint density at radius 1 is 0.949 bits per heavy atom. The van der Waals surface area contributed by atoms with E-state index in [9.17, 15) is 35.1 Å². The summed E-state index contributed by atoms with van der Waals surface area (Å²) in [6.07, 6.45) is 1.15. The largest absolute Gasteiger partial charge is 0.507 e. The van der Waals surface area contributed by atoms with Gasteiger partial charge in [-0.3, -0.25) is 14.7 Å². The van der Waals surface area contributed by atoms with E-state index in [0.29, 0.717) is 11.3 Å². The molecule has 0 saturated heterocycles. The van der Waals surface area contributed by atoms with Crippen LogP contribution in [0, 0.1) is 0 Å². The van der Waals surface area contributed by atoms with Gasteiger partial charge in [0.25, 0.3) is 0 Å². The van der Waals surface area contributed by atoms with Gasteiger partial charge in [-0.25, -0.2) is 0 Å². The molecular weight excluding hydrogens is 508 g/mol. The number of ether oxygens (including phenoxy) is 1. The average Bonchev–Trinajstić information content (AvgIpc) is 3.41. The normalized spacial score (nSPS) is 11.9. The molecule has 11 nitrogen and oxygen atoms in total. The van der Waals surface area contributed by atoms with Gasteiger partial charge < -0.3 is 34.7 Å². The summed E-state index contributed by atoms with van der Waals surface area (Å²) in [6, 6.07) is 13.5. The van der Waals surface area contributed by atoms with Crippen molar-refractivity contribution in [2.75, 3.05) is 7.11 Å². The van der Waals surface area contributed by atoms with Crippen LogP contribution in [-0.4, -0.2) is 48.8 Å². The number of hydrogen-bond acceptors (Lipinski definition) is 10. The number of aromatic amines is 1. The quantitative estimate of drug-likeness (QED) is 0.138. The first-order valence-electron chi connectivity index (χ1n) is 11.6. The molecule has 11 heteroatoms. The molecule has 2 heterocycles. The minimum absolute atomic E-state index is 0.0217. The molecule has 0 aliphatic heterocycles. The number of benzene rings is 3. The molecule has 0 fully saturated rings. The van der Waals surface area contributed by atoms with Crippen molar-refractivity contribution >= 4 is 16.9 Å². The first-order valence-corrected chi connectivity index (χ1v) is 11.6. The van der Waals surface area contributed by atoms with E-state index in [1.165, 1.54) is 19.4 Å². The number of aromatic hydroxyl groups is 5. The molecule has 1 unspecified atom stereocenters. The van der Waals surface area contributed by atoms with Crippen LogP contribution in [0.1, 0.15) is 23.5 Å². The molecule has 39 heavy (non-hydrogen) atoms. The number of nitrogens with zero attached hydrogens (tertiary/aromatic N) is 1. The number of aromatic nitrogens is 2. The number of methoxy groups -OCH3 is 1. The van der Waals surface area contributed by atoms with Crippen LogP contribution < -0.4 is 5.43 Å². The molecule has 0 bridgehead atoms. The molecule has 198 valence electrons. The number of esters is 1. The van der Waals surface area contributed by atoms with E-state index in [4.69, 9.17) is 9.15 Å². The molecule has 0 aliphatic carbocycles. The Kier molecular flexibility index (Phi) is 6.32. The van der Waals surface area contributed by atoms with Crippen molar-refractivity contribution in [3.05, 3.63) is 82.1 Å². The fraction of sp³-hybridized carbons (Fsp3) is 0.107. The number of carbonyl (C=O) groups is 1. The molecule has 0 spiro atoms. The van der Waals surface area contributed by atoms with Crippen molar-refractivity contribution in [3.63, 3.8) is 0 Å². The van der Waals surface area contributed by atoms with E-state index in [-0.39, 0.29) is 23.1 Å². The summed E-state index contributed by atoms with van der Waals surface area (Å²) in [7, 11) is 1.20. The number of carbonyl (C=O) groups excluding carboxylic acids is 1. The maximum absolute atomic E-state index is 13.3. The van der Waals surface area contributed by atoms with Gasteiger partial charge in [-0.15, -0.1) is 0 Å². The number of hydrogen-bond donors (Lipinski definition) is 6. The smallest absolute Gasteiger partial charge is 0.306 e. The summed E-state index contributed by atoms with van der Waals surface area (Å²) in [6.45, 7) is 0. The molecular formula is C28H22N2O9. The van der Waals surface area contributed by atoms with Gasteiger partial charge >= 0.3 is 5.97 Å². The van der Waals surface area contributed by atoms with Crippen molar-refractivity contribution in [2.24, 2.45) is 0 Å². The molecule has 0 saturated carbocycles. The van der Waals surface area contributed by atoms with Gasteiger partial charge in [0.05, 0.1) is 25.4 Å². The molecule has 3 aromatic carbocycles. The van der Waals surface area contributed by atoms with E-state index >= 15 is 0 Å². The number of rotatable bonds is 6. The molecule has 6 N–H and O–H groups in total. The highest BCUT2D eigenvalue weighted by Gasteiger charge is 2.32. The van der Waals surface area contributed by atoms with Gasteiger partial charge in [0, 0.05) is 28.7 Å². The number of nitrogens with one attached hydrogen (secondary N) is 1. The molecule has 2 aromatic heterocycles. The summed E-state index contributed by atoms with van der Waals surface area (Å²) in [5.41, 5.74) is 0.337. The van der Waals surface area contributed by atoms with E-state index in [1.807, 2.05) is 30.3 Å². The zero-order chi connectivity index (χ0) is 27.8. The standard InChI is InChI=1S/C28H22N2O9/c1-38-21(35)10-15(16-12-29-30-24(16)13-5-3-2-4-6-13)22-19(33)11-20(34)23-25(36)26(37)27(39-28(22)23)14-7-8-17(31)18(32)9-14/h2-9,11-12,15,31-34,37H,10H2,1H3,(H,29,30). The Balaban J connectivity index is 1.84. The van der Waals surface area contributed by atoms with E-state index in [1.54, 1.807) is 0 Å². The van der Waals surface area contributed by atoms with Gasteiger partial charge in [-0.2, -0.15) is 5.10 Å². The van der Waals surface area contributed by atoms with E-state index in [2.05, 4.69) is 10.2 Å². The zero-order valence-corrected chi connectivity index (χ0v) is 20.4. The summed E-state index contributed by atoms with van der Waals surface area (Å²) in [5.74, 6) is -5.07. The van der Waals surface area contributed by atoms with Gasteiger partial charge in [0.1, 0.15) is 22.5 Å². The summed E-state index contributed by atoms with van der Waals surface area (Å²) < 4.78 is 10.8. The summed E-state index contributed by atoms with van der Waals surface area (Å²) in [4.78, 5) is 25.8. The Bertz CT molecular complexity index is 1770. The maximum Gasteiger partial charge on any atom is 0.306 e. The highest BCUT2D eigenvalue weighted by atomic mass is 16.5. The highest BCUT2D eigenvalue weighted by molar-refractivity contribution is 5.92. The van der Waals surface area contributed by atoms with Crippen molar-refractivity contribution in [3.8, 4) is 51.3 Å². The lowest BCUT2D eigenvalue weighted by Crippen LogP contribution is -2.13. The first kappa shape index (κ1) is 25.2. The third-order valence-corrected chi connectivity index (χ3v) is 6.43. The van der Waals surface area contributed by atoms with Gasteiger partial charge in [-0.1, -0.05) is 30.3 Å². The molecule has 5 aromatic rings. The van der Waals surface area contributed by atoms with Crippen LogP contribution in [0.5, 0.6) is 28.7 Å². The van der Waals surface area contributed by atoms with Crippen LogP contribution in [0.3, 0.4) is 0 Å². The monoisotopic (exact) mass is 530 g/mol. The topological polar surface area (TPSA) is 186 Å². The summed E-state index contributed by atoms with van der Waals surface area (Å²) >= 11 is 0. The third kappa shape index (κ3) is 4.35. The van der Waals surface area contributed by atoms with E-state index in [0.717, 1.165) is 23.8 Å². The number of fused-ring (bicyclic) bond motifs is 1. The minimum atomic E-state index is -1.02. The van der Waals surface area contributed by atoms with Gasteiger partial charge in [0.15, 0.2) is 17.3 Å². The van der Waals surface area contributed by atoms with Crippen molar-refractivity contribution in [1.82, 2.24) is 10.2 Å². The van der Waals surface area contributed by atoms with Crippen LogP contribution in [-0.2, 0) is 9.53 Å². The molecule has 0 amide bonds. The predicted octanol–water partition coefficient (Wildman–Crippen LogP) is 4.07. The predicted molar refractivity (Wildman–Crippen MR) is 139 cm³/mol. The van der Waals surface area contributed by atoms with Crippen LogP contribution in [0.4, 0.5) is 0 Å². The van der Waals surface area contributed by atoms with E-state index < -0.39 is 57.2 Å². The number of H-pyrrole nitrogens is 1. The van der Waals surface area contributed by atoms with Crippen molar-refractivity contribution < 1.29 is 39.5 Å². The van der Waals surface area contributed by atoms with Crippen LogP contribution in [0.25, 0.3) is 33.6 Å². The van der Waals surface area contributed by atoms with Gasteiger partial charge in [-0.05, 0) is 23.8 Å². The maximum atomic E-state index is 13.3. The average molecular weight is 530 g/mol. The Morgan fingerprint density at radius 2 is 1.69 bits per heavy atom. The third-order valence-electron chi connectivity index (χ3n) is 6.43. The zero-order valence-electron chi connectivity index (χ0n) is 20.4. The second-order valence-electron chi connectivity index (χ2n) is 8.74. The minimum Gasteiger partial charge on any atom is -0.507 e. The van der Waals surface area contributed by atoms with Crippen molar-refractivity contribution in [1.29, 1.82) is 0 Å². The second-order valence-corrected chi connectivity index (χ2v) is 8.74. The number of phenols is 4. The molecule has 1 atom stereocenters. The SMILES string of the molecule is COC(=O)CC(c1cn[nH]c1-c1ccccc1)c1c(O)cc(O)c2c(=O)c(O)c(-c3ccc(O)c(O)c3)oc12. The van der Waals surface area contributed by atoms with Crippen molar-refractivity contribution in [2.45, 2.75) is 12.3 Å².